The summed E-state index contributed by atoms with van der Waals surface area (Å²) in [5.41, 5.74) is -0.203. The zero-order chi connectivity index (χ0) is 12.1. The Morgan fingerprint density at radius 2 is 1.80 bits per heavy atom. The second-order valence-corrected chi connectivity index (χ2v) is 6.29. The molecule has 5 nitrogen and oxygen atoms in total. The Balaban J connectivity index is 4.05. The number of carbonyl (C=O) groups excluding carboxylic acids is 1. The molecule has 0 aromatic rings. The minimum absolute atomic E-state index is 0.00639. The average Bonchev–Trinajstić information content (AvgIpc) is 1.98. The topological polar surface area (TPSA) is 75.3 Å². The standard InChI is InChI=1S/C9H20N2O3S/c1-5-6-15(13,14)11-8(12)7-10-9(2,3)4/h10H,5-7H2,1-4H3,(H,11,12). The van der Waals surface area contributed by atoms with Crippen molar-refractivity contribution in [1.82, 2.24) is 10.0 Å². The molecule has 0 heterocycles. The molecule has 0 aromatic heterocycles. The van der Waals surface area contributed by atoms with Crippen molar-refractivity contribution in [2.24, 2.45) is 0 Å². The molecule has 0 unspecified atom stereocenters. The Morgan fingerprint density at radius 3 is 2.20 bits per heavy atom. The maximum atomic E-state index is 11.2. The van der Waals surface area contributed by atoms with Crippen LogP contribution in [-0.2, 0) is 14.8 Å². The van der Waals surface area contributed by atoms with E-state index in [0.29, 0.717) is 6.42 Å². The molecule has 0 aromatic carbocycles. The van der Waals surface area contributed by atoms with Gasteiger partial charge >= 0.3 is 0 Å². The van der Waals surface area contributed by atoms with E-state index in [2.05, 4.69) is 5.32 Å². The number of hydrogen-bond acceptors (Lipinski definition) is 4. The summed E-state index contributed by atoms with van der Waals surface area (Å²) in [6, 6.07) is 0. The molecule has 0 atom stereocenters. The van der Waals surface area contributed by atoms with E-state index < -0.39 is 15.9 Å². The Morgan fingerprint density at radius 1 is 1.27 bits per heavy atom. The molecule has 6 heteroatoms. The van der Waals surface area contributed by atoms with E-state index in [1.54, 1.807) is 6.92 Å². The van der Waals surface area contributed by atoms with Crippen LogP contribution in [0.3, 0.4) is 0 Å². The maximum Gasteiger partial charge on any atom is 0.247 e. The van der Waals surface area contributed by atoms with Crippen molar-refractivity contribution in [2.45, 2.75) is 39.7 Å². The maximum absolute atomic E-state index is 11.2. The van der Waals surface area contributed by atoms with E-state index in [1.807, 2.05) is 25.5 Å². The van der Waals surface area contributed by atoms with Gasteiger partial charge in [-0.15, -0.1) is 0 Å². The third kappa shape index (κ3) is 8.38. The van der Waals surface area contributed by atoms with Crippen LogP contribution in [0.4, 0.5) is 0 Å². The molecule has 0 fully saturated rings. The van der Waals surface area contributed by atoms with Crippen molar-refractivity contribution in [3.63, 3.8) is 0 Å². The molecule has 90 valence electrons. The summed E-state index contributed by atoms with van der Waals surface area (Å²) >= 11 is 0. The predicted octanol–water partition coefficient (Wildman–Crippen LogP) is 0.231. The van der Waals surface area contributed by atoms with E-state index in [0.717, 1.165) is 0 Å². The van der Waals surface area contributed by atoms with Gasteiger partial charge in [-0.2, -0.15) is 0 Å². The molecule has 2 N–H and O–H groups in total. The molecule has 0 spiro atoms. The summed E-state index contributed by atoms with van der Waals surface area (Å²) in [5.74, 6) is -0.535. The summed E-state index contributed by atoms with van der Waals surface area (Å²) in [7, 11) is -3.44. The van der Waals surface area contributed by atoms with Crippen molar-refractivity contribution in [2.75, 3.05) is 12.3 Å². The molecular formula is C9H20N2O3S. The summed E-state index contributed by atoms with van der Waals surface area (Å²) in [5, 5.41) is 2.91. The smallest absolute Gasteiger partial charge is 0.247 e. The van der Waals surface area contributed by atoms with Crippen LogP contribution in [0.15, 0.2) is 0 Å². The Kier molecular flexibility index (Phi) is 5.23. The first-order valence-electron chi connectivity index (χ1n) is 4.94. The molecule has 1 amide bonds. The minimum atomic E-state index is -3.44. The van der Waals surface area contributed by atoms with Crippen molar-refractivity contribution in [1.29, 1.82) is 0 Å². The first kappa shape index (κ1) is 14.4. The normalized spacial score (nSPS) is 12.5. The van der Waals surface area contributed by atoms with Crippen LogP contribution < -0.4 is 10.0 Å². The molecule has 0 bridgehead atoms. The first-order chi connectivity index (χ1) is 6.66. The second-order valence-electron chi connectivity index (χ2n) is 4.45. The van der Waals surface area contributed by atoms with Gasteiger partial charge in [0.15, 0.2) is 0 Å². The largest absolute Gasteiger partial charge is 0.304 e. The highest BCUT2D eigenvalue weighted by molar-refractivity contribution is 7.90. The molecule has 0 aliphatic heterocycles. The van der Waals surface area contributed by atoms with Crippen LogP contribution in [0.5, 0.6) is 0 Å². The lowest BCUT2D eigenvalue weighted by Crippen LogP contribution is -2.45. The lowest BCUT2D eigenvalue weighted by Gasteiger charge is -2.19. The highest BCUT2D eigenvalue weighted by Gasteiger charge is 2.15. The van der Waals surface area contributed by atoms with Crippen molar-refractivity contribution >= 4 is 15.9 Å². The van der Waals surface area contributed by atoms with Gasteiger partial charge in [-0.3, -0.25) is 9.52 Å². The number of amides is 1. The zero-order valence-corrected chi connectivity index (χ0v) is 10.6. The number of rotatable bonds is 5. The summed E-state index contributed by atoms with van der Waals surface area (Å²) in [4.78, 5) is 11.2. The van der Waals surface area contributed by atoms with Gasteiger partial charge in [0.25, 0.3) is 0 Å². The van der Waals surface area contributed by atoms with E-state index in [9.17, 15) is 13.2 Å². The third-order valence-corrected chi connectivity index (χ3v) is 3.01. The molecule has 0 saturated carbocycles. The van der Waals surface area contributed by atoms with Crippen LogP contribution in [0.25, 0.3) is 0 Å². The van der Waals surface area contributed by atoms with Gasteiger partial charge in [0.1, 0.15) is 0 Å². The second kappa shape index (κ2) is 5.46. The predicted molar refractivity (Wildman–Crippen MR) is 60.0 cm³/mol. The van der Waals surface area contributed by atoms with E-state index in [4.69, 9.17) is 0 Å². The summed E-state index contributed by atoms with van der Waals surface area (Å²) in [6.07, 6.45) is 0.495. The van der Waals surface area contributed by atoms with Crippen LogP contribution in [0.1, 0.15) is 34.1 Å². The molecule has 0 saturated heterocycles. The fraction of sp³-hybridized carbons (Fsp3) is 0.889. The van der Waals surface area contributed by atoms with Gasteiger partial charge in [-0.25, -0.2) is 8.42 Å². The highest BCUT2D eigenvalue weighted by atomic mass is 32.2. The van der Waals surface area contributed by atoms with Crippen LogP contribution >= 0.6 is 0 Å². The van der Waals surface area contributed by atoms with Gasteiger partial charge in [0.2, 0.25) is 15.9 Å². The summed E-state index contributed by atoms with van der Waals surface area (Å²) in [6.45, 7) is 7.46. The van der Waals surface area contributed by atoms with Gasteiger partial charge in [-0.05, 0) is 27.2 Å². The zero-order valence-electron chi connectivity index (χ0n) is 9.75. The lowest BCUT2D eigenvalue weighted by molar-refractivity contribution is -0.118. The molecule has 0 aliphatic rings. The van der Waals surface area contributed by atoms with Crippen molar-refractivity contribution in [3.05, 3.63) is 0 Å². The van der Waals surface area contributed by atoms with Gasteiger partial charge in [-0.1, -0.05) is 6.92 Å². The van der Waals surface area contributed by atoms with Crippen LogP contribution in [0.2, 0.25) is 0 Å². The average molecular weight is 236 g/mol. The molecule has 0 rings (SSSR count). The Labute approximate surface area is 91.7 Å². The molecule has 0 aliphatic carbocycles. The first-order valence-corrected chi connectivity index (χ1v) is 6.60. The number of hydrogen-bond donors (Lipinski definition) is 2. The monoisotopic (exact) mass is 236 g/mol. The Hall–Kier alpha value is -0.620. The SMILES string of the molecule is CCCS(=O)(=O)NC(=O)CNC(C)(C)C. The fourth-order valence-corrected chi connectivity index (χ4v) is 1.93. The minimum Gasteiger partial charge on any atom is -0.304 e. The number of carbonyl (C=O) groups is 1. The van der Waals surface area contributed by atoms with Crippen LogP contribution in [-0.4, -0.2) is 32.2 Å². The lowest BCUT2D eigenvalue weighted by atomic mass is 10.1. The molecular weight excluding hydrogens is 216 g/mol. The molecule has 15 heavy (non-hydrogen) atoms. The fourth-order valence-electron chi connectivity index (χ4n) is 0.875. The molecule has 0 radical (unpaired) electrons. The highest BCUT2D eigenvalue weighted by Crippen LogP contribution is 1.97. The van der Waals surface area contributed by atoms with Crippen LogP contribution in [0, 0.1) is 0 Å². The van der Waals surface area contributed by atoms with Crippen molar-refractivity contribution in [3.8, 4) is 0 Å². The number of sulfonamides is 1. The van der Waals surface area contributed by atoms with E-state index in [1.165, 1.54) is 0 Å². The quantitative estimate of drug-likeness (QED) is 0.716. The van der Waals surface area contributed by atoms with E-state index in [-0.39, 0.29) is 17.8 Å². The summed E-state index contributed by atoms with van der Waals surface area (Å²) < 4.78 is 24.4. The number of nitrogens with one attached hydrogen (secondary N) is 2. The van der Waals surface area contributed by atoms with Gasteiger partial charge < -0.3 is 5.32 Å². The van der Waals surface area contributed by atoms with Gasteiger partial charge in [0.05, 0.1) is 12.3 Å². The third-order valence-electron chi connectivity index (χ3n) is 1.52. The van der Waals surface area contributed by atoms with E-state index >= 15 is 0 Å². The van der Waals surface area contributed by atoms with Crippen molar-refractivity contribution < 1.29 is 13.2 Å². The Bertz CT molecular complexity index is 304. The van der Waals surface area contributed by atoms with Gasteiger partial charge in [0, 0.05) is 5.54 Å².